The third-order valence-electron chi connectivity index (χ3n) is 0.535. The average Bonchev–Trinajstić information content (AvgIpc) is 1.61. The number of rotatable bonds is 2. The zero-order chi connectivity index (χ0) is 6.57. The van der Waals surface area contributed by atoms with E-state index in [0.29, 0.717) is 9.45 Å². The lowest BCUT2D eigenvalue weighted by Crippen LogP contribution is -1.92. The summed E-state index contributed by atoms with van der Waals surface area (Å²) in [5, 5.41) is 0. The van der Waals surface area contributed by atoms with Crippen molar-refractivity contribution in [2.45, 2.75) is 13.8 Å². The zero-order valence-corrected chi connectivity index (χ0v) is 7.46. The van der Waals surface area contributed by atoms with E-state index in [9.17, 15) is 0 Å². The molecule has 0 saturated heterocycles. The Labute approximate surface area is 65.8 Å². The van der Waals surface area contributed by atoms with Crippen LogP contribution < -0.4 is 0 Å². The quantitative estimate of drug-likeness (QED) is 0.455. The highest BCUT2D eigenvalue weighted by molar-refractivity contribution is 8.36. The van der Waals surface area contributed by atoms with Gasteiger partial charge in [-0.25, -0.2) is 0 Å². The maximum Gasteiger partial charge on any atom is -0.00126 e. The first kappa shape index (κ1) is 8.66. The van der Waals surface area contributed by atoms with Crippen LogP contribution in [-0.2, 0) is 12.6 Å². The van der Waals surface area contributed by atoms with Crippen LogP contribution in [0.5, 0.6) is 0 Å². The van der Waals surface area contributed by atoms with Crippen molar-refractivity contribution in [3.63, 3.8) is 0 Å². The van der Waals surface area contributed by atoms with Crippen molar-refractivity contribution in [2.24, 2.45) is 5.92 Å². The van der Waals surface area contributed by atoms with E-state index < -0.39 is 0 Å². The second kappa shape index (κ2) is 4.53. The Kier molecular flexibility index (Phi) is 4.90. The van der Waals surface area contributed by atoms with E-state index in [4.69, 9.17) is 24.8 Å². The van der Waals surface area contributed by atoms with Gasteiger partial charge in [0, 0.05) is 0 Å². The summed E-state index contributed by atoms with van der Waals surface area (Å²) in [5.41, 5.74) is 0. The van der Waals surface area contributed by atoms with Gasteiger partial charge in [-0.2, -0.15) is 0 Å². The van der Waals surface area contributed by atoms with Crippen molar-refractivity contribution in [2.75, 3.05) is 5.75 Å². The van der Waals surface area contributed by atoms with E-state index in [-0.39, 0.29) is 0 Å². The summed E-state index contributed by atoms with van der Waals surface area (Å²) in [7, 11) is 0. The molecule has 0 unspecified atom stereocenters. The molecule has 0 aromatic heterocycles. The smallest absolute Gasteiger partial charge is 0.00126 e. The first-order chi connectivity index (χ1) is 3.63. The molecule has 48 valence electrons. The number of thiocarbonyl (C=S) groups is 1. The molecule has 0 nitrogen and oxygen atoms in total. The molecule has 0 aliphatic heterocycles. The highest BCUT2D eigenvalue weighted by atomic mass is 32.2. The summed E-state index contributed by atoms with van der Waals surface area (Å²) >= 11 is 11.0. The fourth-order valence-corrected chi connectivity index (χ4v) is 1.11. The topological polar surface area (TPSA) is 0 Å². The molecule has 0 aliphatic carbocycles. The monoisotopic (exact) mass is 165 g/mol. The highest BCUT2D eigenvalue weighted by Gasteiger charge is 1.89. The van der Waals surface area contributed by atoms with E-state index in [1.54, 1.807) is 11.8 Å². The molecular formula is C5H9S3-. The third-order valence-corrected chi connectivity index (χ3v) is 2.31. The Hall–Kier alpha value is 0.660. The van der Waals surface area contributed by atoms with E-state index in [1.165, 1.54) is 0 Å². The maximum atomic E-state index is 4.69. The summed E-state index contributed by atoms with van der Waals surface area (Å²) in [4.78, 5) is 0. The molecule has 3 heteroatoms. The van der Waals surface area contributed by atoms with Crippen LogP contribution in [0.1, 0.15) is 13.8 Å². The van der Waals surface area contributed by atoms with Crippen LogP contribution in [0, 0.1) is 5.92 Å². The van der Waals surface area contributed by atoms with Gasteiger partial charge in [0.25, 0.3) is 0 Å². The van der Waals surface area contributed by atoms with Crippen molar-refractivity contribution in [3.8, 4) is 0 Å². The molecule has 0 spiro atoms. The summed E-state index contributed by atoms with van der Waals surface area (Å²) in [6, 6.07) is 0. The molecule has 0 radical (unpaired) electrons. The Bertz CT molecular complexity index is 77.7. The van der Waals surface area contributed by atoms with Gasteiger partial charge in [-0.05, 0) is 11.7 Å². The van der Waals surface area contributed by atoms with E-state index in [0.717, 1.165) is 5.75 Å². The van der Waals surface area contributed by atoms with Gasteiger partial charge < -0.3 is 24.8 Å². The average molecular weight is 165 g/mol. The molecule has 0 rings (SSSR count). The Morgan fingerprint density at radius 2 is 2.25 bits per heavy atom. The normalized spacial score (nSPS) is 9.88. The summed E-state index contributed by atoms with van der Waals surface area (Å²) in [6.45, 7) is 4.31. The number of hydrogen-bond donors (Lipinski definition) is 0. The van der Waals surface area contributed by atoms with Gasteiger partial charge in [-0.1, -0.05) is 17.4 Å². The largest absolute Gasteiger partial charge is 0.422 e. The molecule has 0 heterocycles. The third kappa shape index (κ3) is 6.66. The van der Waals surface area contributed by atoms with E-state index in [2.05, 4.69) is 13.8 Å². The molecule has 0 fully saturated rings. The molecule has 8 heavy (non-hydrogen) atoms. The van der Waals surface area contributed by atoms with Crippen LogP contribution in [0.2, 0.25) is 0 Å². The second-order valence-corrected chi connectivity index (χ2v) is 4.58. The molecule has 0 aromatic rings. The van der Waals surface area contributed by atoms with Gasteiger partial charge in [0.05, 0.1) is 0 Å². The molecular weight excluding hydrogens is 156 g/mol. The fraction of sp³-hybridized carbons (Fsp3) is 0.800. The molecule has 0 bridgehead atoms. The lowest BCUT2D eigenvalue weighted by molar-refractivity contribution is 0.752. The standard InChI is InChI=1S/C5H10S3/c1-4(2)3-8-5(6)7/h4H,3H2,1-2H3,(H,6,7)/p-1. The minimum atomic E-state index is 0.638. The molecule has 0 aliphatic rings. The van der Waals surface area contributed by atoms with E-state index in [1.807, 2.05) is 0 Å². The summed E-state index contributed by atoms with van der Waals surface area (Å²) in [5.74, 6) is 1.75. The van der Waals surface area contributed by atoms with Crippen LogP contribution in [-0.4, -0.2) is 9.28 Å². The van der Waals surface area contributed by atoms with Crippen LogP contribution in [0.15, 0.2) is 0 Å². The van der Waals surface area contributed by atoms with Gasteiger partial charge in [0.2, 0.25) is 0 Å². The molecule has 0 aromatic carbocycles. The Balaban J connectivity index is 3.05. The second-order valence-electron chi connectivity index (χ2n) is 1.95. The predicted molar refractivity (Wildman–Crippen MR) is 47.3 cm³/mol. The van der Waals surface area contributed by atoms with Crippen LogP contribution >= 0.6 is 24.0 Å². The van der Waals surface area contributed by atoms with Crippen LogP contribution in [0.3, 0.4) is 0 Å². The Morgan fingerprint density at radius 1 is 1.75 bits per heavy atom. The lowest BCUT2D eigenvalue weighted by atomic mass is 10.3. The predicted octanol–water partition coefficient (Wildman–Crippen LogP) is 2.21. The SMILES string of the molecule is CC(C)CSC(=S)[S-]. The zero-order valence-electron chi connectivity index (χ0n) is 5.01. The van der Waals surface area contributed by atoms with Gasteiger partial charge in [0.1, 0.15) is 0 Å². The summed E-state index contributed by atoms with van der Waals surface area (Å²) < 4.78 is 0.638. The maximum absolute atomic E-state index is 4.69. The van der Waals surface area contributed by atoms with E-state index >= 15 is 0 Å². The first-order valence-electron chi connectivity index (χ1n) is 2.46. The summed E-state index contributed by atoms with van der Waals surface area (Å²) in [6.07, 6.45) is 0. The van der Waals surface area contributed by atoms with Gasteiger partial charge >= 0.3 is 0 Å². The molecule has 0 amide bonds. The van der Waals surface area contributed by atoms with Crippen LogP contribution in [0.25, 0.3) is 0 Å². The van der Waals surface area contributed by atoms with Gasteiger partial charge in [-0.3, -0.25) is 0 Å². The number of hydrogen-bond acceptors (Lipinski definition) is 3. The molecule has 0 N–H and O–H groups in total. The van der Waals surface area contributed by atoms with Crippen molar-refractivity contribution < 1.29 is 0 Å². The fourth-order valence-electron chi connectivity index (χ4n) is 0.235. The minimum absolute atomic E-state index is 0.638. The lowest BCUT2D eigenvalue weighted by Gasteiger charge is -2.05. The minimum Gasteiger partial charge on any atom is -0.422 e. The van der Waals surface area contributed by atoms with Gasteiger partial charge in [-0.15, -0.1) is 11.8 Å². The first-order valence-corrected chi connectivity index (χ1v) is 4.27. The van der Waals surface area contributed by atoms with Crippen molar-refractivity contribution in [1.29, 1.82) is 0 Å². The molecule has 0 atom stereocenters. The Morgan fingerprint density at radius 3 is 2.38 bits per heavy atom. The van der Waals surface area contributed by atoms with Crippen molar-refractivity contribution in [3.05, 3.63) is 0 Å². The molecule has 0 saturated carbocycles. The van der Waals surface area contributed by atoms with Crippen molar-refractivity contribution >= 4 is 40.1 Å². The highest BCUT2D eigenvalue weighted by Crippen LogP contribution is 2.08. The van der Waals surface area contributed by atoms with Crippen LogP contribution in [0.4, 0.5) is 0 Å². The van der Waals surface area contributed by atoms with Crippen molar-refractivity contribution in [1.82, 2.24) is 0 Å². The van der Waals surface area contributed by atoms with Gasteiger partial charge in [0.15, 0.2) is 0 Å². The number of thioether (sulfide) groups is 1.